The second-order valence-corrected chi connectivity index (χ2v) is 4.73. The lowest BCUT2D eigenvalue weighted by Crippen LogP contribution is -2.15. The summed E-state index contributed by atoms with van der Waals surface area (Å²) in [5.41, 5.74) is 1.02. The predicted molar refractivity (Wildman–Crippen MR) is 67.7 cm³/mol. The Morgan fingerprint density at radius 3 is 2.50 bits per heavy atom. The van der Waals surface area contributed by atoms with Crippen molar-refractivity contribution in [2.24, 2.45) is 5.92 Å². The summed E-state index contributed by atoms with van der Waals surface area (Å²) < 4.78 is 4.90. The van der Waals surface area contributed by atoms with E-state index in [2.05, 4.69) is 0 Å². The Morgan fingerprint density at radius 1 is 1.17 bits per heavy atom. The van der Waals surface area contributed by atoms with Crippen LogP contribution in [0.4, 0.5) is 0 Å². The average Bonchev–Trinajstić information content (AvgIpc) is 3.19. The van der Waals surface area contributed by atoms with E-state index in [1.165, 1.54) is 12.3 Å². The topological polar surface area (TPSA) is 50.4 Å². The lowest BCUT2D eigenvalue weighted by atomic mass is 9.88. The molecule has 3 rings (SSSR count). The molecule has 1 heterocycles. The van der Waals surface area contributed by atoms with Crippen LogP contribution in [0.15, 0.2) is 51.9 Å². The Balaban J connectivity index is 2.13. The monoisotopic (exact) mass is 242 g/mol. The van der Waals surface area contributed by atoms with Gasteiger partial charge in [-0.3, -0.25) is 0 Å². The minimum absolute atomic E-state index is 0.0343. The van der Waals surface area contributed by atoms with Gasteiger partial charge in [0.05, 0.1) is 11.8 Å². The van der Waals surface area contributed by atoms with E-state index in [-0.39, 0.29) is 11.7 Å². The van der Waals surface area contributed by atoms with Crippen LogP contribution in [-0.2, 0) is 0 Å². The number of benzene rings is 1. The van der Waals surface area contributed by atoms with Crippen LogP contribution in [0.25, 0.3) is 0 Å². The van der Waals surface area contributed by atoms with Crippen LogP contribution in [-0.4, -0.2) is 5.11 Å². The van der Waals surface area contributed by atoms with Crippen molar-refractivity contribution >= 4 is 0 Å². The number of rotatable bonds is 3. The van der Waals surface area contributed by atoms with Crippen LogP contribution < -0.4 is 5.63 Å². The second-order valence-electron chi connectivity index (χ2n) is 4.73. The first-order chi connectivity index (χ1) is 8.77. The molecule has 0 saturated heterocycles. The lowest BCUT2D eigenvalue weighted by molar-refractivity contribution is 0.425. The molecule has 3 heteroatoms. The van der Waals surface area contributed by atoms with Gasteiger partial charge < -0.3 is 9.52 Å². The van der Waals surface area contributed by atoms with E-state index in [1.54, 1.807) is 0 Å². The molecular weight excluding hydrogens is 228 g/mol. The second kappa shape index (κ2) is 4.33. The highest BCUT2D eigenvalue weighted by molar-refractivity contribution is 5.40. The van der Waals surface area contributed by atoms with Gasteiger partial charge in [0, 0.05) is 12.0 Å². The van der Waals surface area contributed by atoms with Gasteiger partial charge in [-0.05, 0) is 24.3 Å². The highest BCUT2D eigenvalue weighted by Gasteiger charge is 2.36. The molecule has 1 atom stereocenters. The van der Waals surface area contributed by atoms with Crippen LogP contribution in [0.3, 0.4) is 0 Å². The van der Waals surface area contributed by atoms with Crippen LogP contribution in [0, 0.1) is 5.92 Å². The third-order valence-electron chi connectivity index (χ3n) is 3.46. The molecule has 0 radical (unpaired) electrons. The van der Waals surface area contributed by atoms with Crippen LogP contribution in [0.5, 0.6) is 5.75 Å². The standard InChI is InChI=1S/C15H14O3/c16-12-8-9-18-15(17)14(12)13(11-6-7-11)10-4-2-1-3-5-10/h1-5,8-9,11,13,16H,6-7H2. The maximum atomic E-state index is 11.9. The summed E-state index contributed by atoms with van der Waals surface area (Å²) in [6, 6.07) is 11.3. The van der Waals surface area contributed by atoms with Gasteiger partial charge in [-0.25, -0.2) is 4.79 Å². The third-order valence-corrected chi connectivity index (χ3v) is 3.46. The Kier molecular flexibility index (Phi) is 2.67. The van der Waals surface area contributed by atoms with E-state index in [9.17, 15) is 9.90 Å². The summed E-state index contributed by atoms with van der Waals surface area (Å²) >= 11 is 0. The number of hydrogen-bond donors (Lipinski definition) is 1. The van der Waals surface area contributed by atoms with Gasteiger partial charge in [0.1, 0.15) is 5.75 Å². The molecule has 1 unspecified atom stereocenters. The van der Waals surface area contributed by atoms with Crippen molar-refractivity contribution in [3.8, 4) is 5.75 Å². The Morgan fingerprint density at radius 2 is 1.89 bits per heavy atom. The van der Waals surface area contributed by atoms with Crippen molar-refractivity contribution in [1.82, 2.24) is 0 Å². The molecule has 1 aromatic carbocycles. The molecule has 92 valence electrons. The van der Waals surface area contributed by atoms with Crippen molar-refractivity contribution in [3.63, 3.8) is 0 Å². The quantitative estimate of drug-likeness (QED) is 0.900. The molecule has 0 spiro atoms. The lowest BCUT2D eigenvalue weighted by Gasteiger charge is -2.16. The van der Waals surface area contributed by atoms with Gasteiger partial charge in [0.25, 0.3) is 0 Å². The van der Waals surface area contributed by atoms with E-state index in [0.717, 1.165) is 18.4 Å². The van der Waals surface area contributed by atoms with E-state index >= 15 is 0 Å². The maximum absolute atomic E-state index is 11.9. The zero-order valence-corrected chi connectivity index (χ0v) is 9.87. The average molecular weight is 242 g/mol. The highest BCUT2D eigenvalue weighted by atomic mass is 16.4. The summed E-state index contributed by atoms with van der Waals surface area (Å²) in [6.45, 7) is 0. The molecular formula is C15H14O3. The zero-order chi connectivity index (χ0) is 12.5. The fraction of sp³-hybridized carbons (Fsp3) is 0.267. The molecule has 2 aromatic rings. The minimum Gasteiger partial charge on any atom is -0.507 e. The maximum Gasteiger partial charge on any atom is 0.343 e. The largest absolute Gasteiger partial charge is 0.507 e. The van der Waals surface area contributed by atoms with E-state index in [1.807, 2.05) is 30.3 Å². The Bertz CT molecular complexity index is 597. The summed E-state index contributed by atoms with van der Waals surface area (Å²) in [4.78, 5) is 11.9. The number of hydrogen-bond acceptors (Lipinski definition) is 3. The Hall–Kier alpha value is -2.03. The first-order valence-electron chi connectivity index (χ1n) is 6.13. The van der Waals surface area contributed by atoms with Crippen molar-refractivity contribution in [2.75, 3.05) is 0 Å². The third kappa shape index (κ3) is 1.92. The molecule has 1 aliphatic rings. The normalized spacial score (nSPS) is 16.4. The van der Waals surface area contributed by atoms with Gasteiger partial charge in [-0.1, -0.05) is 30.3 Å². The molecule has 1 N–H and O–H groups in total. The molecule has 0 bridgehead atoms. The summed E-state index contributed by atoms with van der Waals surface area (Å²) in [5, 5.41) is 9.94. The van der Waals surface area contributed by atoms with Crippen LogP contribution in [0.2, 0.25) is 0 Å². The van der Waals surface area contributed by atoms with Crippen molar-refractivity contribution < 1.29 is 9.52 Å². The van der Waals surface area contributed by atoms with Gasteiger partial charge >= 0.3 is 5.63 Å². The summed E-state index contributed by atoms with van der Waals surface area (Å²) in [6.07, 6.45) is 3.41. The summed E-state index contributed by atoms with van der Waals surface area (Å²) in [5.74, 6) is 0.416. The fourth-order valence-electron chi connectivity index (χ4n) is 2.47. The molecule has 1 saturated carbocycles. The zero-order valence-electron chi connectivity index (χ0n) is 9.87. The van der Waals surface area contributed by atoms with Crippen molar-refractivity contribution in [3.05, 3.63) is 64.2 Å². The van der Waals surface area contributed by atoms with Gasteiger partial charge in [0.15, 0.2) is 0 Å². The molecule has 0 aliphatic heterocycles. The first kappa shape index (κ1) is 11.1. The smallest absolute Gasteiger partial charge is 0.343 e. The summed E-state index contributed by atoms with van der Waals surface area (Å²) in [7, 11) is 0. The van der Waals surface area contributed by atoms with Crippen LogP contribution >= 0.6 is 0 Å². The van der Waals surface area contributed by atoms with E-state index in [4.69, 9.17) is 4.42 Å². The van der Waals surface area contributed by atoms with Gasteiger partial charge in [0.2, 0.25) is 0 Å². The molecule has 1 aliphatic carbocycles. The van der Waals surface area contributed by atoms with Crippen molar-refractivity contribution in [2.45, 2.75) is 18.8 Å². The fourth-order valence-corrected chi connectivity index (χ4v) is 2.47. The molecule has 3 nitrogen and oxygen atoms in total. The van der Waals surface area contributed by atoms with E-state index in [0.29, 0.717) is 11.5 Å². The molecule has 1 fully saturated rings. The highest BCUT2D eigenvalue weighted by Crippen LogP contribution is 2.47. The first-order valence-corrected chi connectivity index (χ1v) is 6.13. The van der Waals surface area contributed by atoms with Gasteiger partial charge in [-0.15, -0.1) is 0 Å². The molecule has 0 amide bonds. The van der Waals surface area contributed by atoms with Crippen molar-refractivity contribution in [1.29, 1.82) is 0 Å². The van der Waals surface area contributed by atoms with E-state index < -0.39 is 5.63 Å². The number of aromatic hydroxyl groups is 1. The Labute approximate surface area is 105 Å². The van der Waals surface area contributed by atoms with Gasteiger partial charge in [-0.2, -0.15) is 0 Å². The SMILES string of the molecule is O=c1occc(O)c1C(c1ccccc1)C1CC1. The van der Waals surface area contributed by atoms with Crippen LogP contribution in [0.1, 0.15) is 29.9 Å². The minimum atomic E-state index is -0.434. The predicted octanol–water partition coefficient (Wildman–Crippen LogP) is 2.89. The molecule has 18 heavy (non-hydrogen) atoms. The molecule has 1 aromatic heterocycles.